The van der Waals surface area contributed by atoms with Gasteiger partial charge >= 0.3 is 0 Å². The average molecular weight is 277 g/mol. The summed E-state index contributed by atoms with van der Waals surface area (Å²) in [5.74, 6) is -0.285. The summed E-state index contributed by atoms with van der Waals surface area (Å²) >= 11 is 0. The van der Waals surface area contributed by atoms with Crippen molar-refractivity contribution < 1.29 is 4.79 Å². The van der Waals surface area contributed by atoms with E-state index in [1.54, 1.807) is 0 Å². The van der Waals surface area contributed by atoms with Crippen molar-refractivity contribution in [2.45, 2.75) is 46.2 Å². The van der Waals surface area contributed by atoms with Gasteiger partial charge in [-0.2, -0.15) is 0 Å². The Bertz CT molecular complexity index is 457. The van der Waals surface area contributed by atoms with Gasteiger partial charge in [-0.05, 0) is 31.9 Å². The van der Waals surface area contributed by atoms with Crippen LogP contribution in [0.15, 0.2) is 18.2 Å². The Balaban J connectivity index is 2.65. The second-order valence-electron chi connectivity index (χ2n) is 5.78. The van der Waals surface area contributed by atoms with E-state index in [1.807, 2.05) is 20.9 Å². The molecule has 1 unspecified atom stereocenters. The van der Waals surface area contributed by atoms with E-state index in [0.717, 1.165) is 6.54 Å². The Kier molecular flexibility index (Phi) is 6.02. The fourth-order valence-corrected chi connectivity index (χ4v) is 2.39. The Morgan fingerprint density at radius 1 is 1.35 bits per heavy atom. The number of hydrogen-bond acceptors (Lipinski definition) is 3. The van der Waals surface area contributed by atoms with Gasteiger partial charge in [0.15, 0.2) is 0 Å². The summed E-state index contributed by atoms with van der Waals surface area (Å²) in [6.07, 6.45) is 0.706. The Labute approximate surface area is 122 Å². The lowest BCUT2D eigenvalue weighted by Gasteiger charge is -2.25. The number of carbonyl (C=O) groups is 1. The van der Waals surface area contributed by atoms with Crippen LogP contribution < -0.4 is 16.0 Å². The van der Waals surface area contributed by atoms with Crippen LogP contribution >= 0.6 is 0 Å². The highest BCUT2D eigenvalue weighted by molar-refractivity contribution is 5.79. The van der Waals surface area contributed by atoms with Crippen LogP contribution in [0.2, 0.25) is 0 Å². The number of aryl methyl sites for hydroxylation is 2. The highest BCUT2D eigenvalue weighted by atomic mass is 16.1. The molecule has 4 nitrogen and oxygen atoms in total. The van der Waals surface area contributed by atoms with Crippen LogP contribution in [0.3, 0.4) is 0 Å². The minimum atomic E-state index is -0.285. The number of rotatable bonds is 7. The van der Waals surface area contributed by atoms with Crippen molar-refractivity contribution in [1.29, 1.82) is 0 Å². The van der Waals surface area contributed by atoms with E-state index in [9.17, 15) is 4.79 Å². The van der Waals surface area contributed by atoms with Crippen molar-refractivity contribution in [3.8, 4) is 0 Å². The van der Waals surface area contributed by atoms with Crippen molar-refractivity contribution >= 4 is 11.6 Å². The summed E-state index contributed by atoms with van der Waals surface area (Å²) in [5.41, 5.74) is 9.15. The number of nitrogens with one attached hydrogen (secondary N) is 1. The van der Waals surface area contributed by atoms with Gasteiger partial charge < -0.3 is 16.0 Å². The first kappa shape index (κ1) is 16.5. The zero-order valence-corrected chi connectivity index (χ0v) is 13.2. The van der Waals surface area contributed by atoms with Gasteiger partial charge in [-0.3, -0.25) is 4.79 Å². The summed E-state index contributed by atoms with van der Waals surface area (Å²) in [4.78, 5) is 13.6. The van der Waals surface area contributed by atoms with Crippen molar-refractivity contribution in [2.24, 2.45) is 5.73 Å². The highest BCUT2D eigenvalue weighted by Crippen LogP contribution is 2.20. The van der Waals surface area contributed by atoms with Gasteiger partial charge in [0.1, 0.15) is 0 Å². The van der Waals surface area contributed by atoms with Crippen LogP contribution in [0.25, 0.3) is 0 Å². The quantitative estimate of drug-likeness (QED) is 0.801. The third kappa shape index (κ3) is 4.85. The number of hydrogen-bond donors (Lipinski definition) is 2. The number of carbonyl (C=O) groups excluding carboxylic acids is 1. The van der Waals surface area contributed by atoms with Gasteiger partial charge in [0.05, 0.1) is 6.04 Å². The monoisotopic (exact) mass is 277 g/mol. The largest absolute Gasteiger partial charge is 0.374 e. The van der Waals surface area contributed by atoms with Crippen LogP contribution in [-0.2, 0) is 4.79 Å². The standard InChI is InChI=1S/C16H27N3O/c1-11(2)18-14(16(17)20)8-9-19(5)15-7-6-12(3)10-13(15)4/h6-7,10-11,14,18H,8-9H2,1-5H3,(H2,17,20). The second-order valence-corrected chi connectivity index (χ2v) is 5.78. The molecule has 0 aliphatic rings. The fourth-order valence-electron chi connectivity index (χ4n) is 2.39. The zero-order chi connectivity index (χ0) is 15.3. The van der Waals surface area contributed by atoms with E-state index < -0.39 is 0 Å². The second kappa shape index (κ2) is 7.29. The predicted molar refractivity (Wildman–Crippen MR) is 85.1 cm³/mol. The molecule has 0 saturated heterocycles. The molecule has 0 aliphatic heterocycles. The van der Waals surface area contributed by atoms with Gasteiger partial charge in [0.25, 0.3) is 0 Å². The number of nitrogens with two attached hydrogens (primary N) is 1. The topological polar surface area (TPSA) is 58.4 Å². The molecule has 20 heavy (non-hydrogen) atoms. The fraction of sp³-hybridized carbons (Fsp3) is 0.562. The predicted octanol–water partition coefficient (Wildman–Crippen LogP) is 1.98. The molecular formula is C16H27N3O. The highest BCUT2D eigenvalue weighted by Gasteiger charge is 2.17. The van der Waals surface area contributed by atoms with Crippen LogP contribution in [-0.4, -0.2) is 31.6 Å². The summed E-state index contributed by atoms with van der Waals surface area (Å²) in [7, 11) is 2.05. The molecule has 3 N–H and O–H groups in total. The van der Waals surface area contributed by atoms with Crippen LogP contribution in [0, 0.1) is 13.8 Å². The molecule has 0 spiro atoms. The van der Waals surface area contributed by atoms with Crippen molar-refractivity contribution in [3.05, 3.63) is 29.3 Å². The zero-order valence-electron chi connectivity index (χ0n) is 13.2. The molecule has 1 amide bonds. The normalized spacial score (nSPS) is 12.5. The van der Waals surface area contributed by atoms with Crippen molar-refractivity contribution in [1.82, 2.24) is 5.32 Å². The molecule has 0 heterocycles. The third-order valence-corrected chi connectivity index (χ3v) is 3.39. The average Bonchev–Trinajstić information content (AvgIpc) is 2.33. The van der Waals surface area contributed by atoms with E-state index in [2.05, 4.69) is 42.3 Å². The van der Waals surface area contributed by atoms with E-state index >= 15 is 0 Å². The van der Waals surface area contributed by atoms with E-state index in [4.69, 9.17) is 5.73 Å². The molecule has 112 valence electrons. The van der Waals surface area contributed by atoms with Crippen molar-refractivity contribution in [3.63, 3.8) is 0 Å². The molecule has 0 aromatic heterocycles. The smallest absolute Gasteiger partial charge is 0.234 e. The number of anilines is 1. The first-order valence-corrected chi connectivity index (χ1v) is 7.15. The number of benzene rings is 1. The molecule has 0 bridgehead atoms. The third-order valence-electron chi connectivity index (χ3n) is 3.39. The minimum absolute atomic E-state index is 0.249. The molecule has 4 heteroatoms. The van der Waals surface area contributed by atoms with E-state index in [1.165, 1.54) is 16.8 Å². The minimum Gasteiger partial charge on any atom is -0.374 e. The summed E-state index contributed by atoms with van der Waals surface area (Å²) in [6, 6.07) is 6.38. The van der Waals surface area contributed by atoms with E-state index in [0.29, 0.717) is 6.42 Å². The number of nitrogens with zero attached hydrogens (tertiary/aromatic N) is 1. The van der Waals surface area contributed by atoms with Gasteiger partial charge in [0, 0.05) is 25.3 Å². The molecule has 0 saturated carbocycles. The molecule has 1 aromatic rings. The van der Waals surface area contributed by atoms with Crippen LogP contribution in [0.1, 0.15) is 31.4 Å². The lowest BCUT2D eigenvalue weighted by molar-refractivity contribution is -0.120. The van der Waals surface area contributed by atoms with Gasteiger partial charge in [-0.25, -0.2) is 0 Å². The Morgan fingerprint density at radius 2 is 2.00 bits per heavy atom. The molecule has 1 aromatic carbocycles. The lowest BCUT2D eigenvalue weighted by Crippen LogP contribution is -2.46. The maximum absolute atomic E-state index is 11.4. The molecule has 1 rings (SSSR count). The van der Waals surface area contributed by atoms with Gasteiger partial charge in [-0.1, -0.05) is 31.5 Å². The lowest BCUT2D eigenvalue weighted by atomic mass is 10.1. The molecular weight excluding hydrogens is 250 g/mol. The maximum Gasteiger partial charge on any atom is 0.234 e. The molecule has 0 fully saturated rings. The summed E-state index contributed by atoms with van der Waals surface area (Å²) in [6.45, 7) is 9.02. The maximum atomic E-state index is 11.4. The van der Waals surface area contributed by atoms with Crippen molar-refractivity contribution in [2.75, 3.05) is 18.5 Å². The summed E-state index contributed by atoms with van der Waals surface area (Å²) < 4.78 is 0. The van der Waals surface area contributed by atoms with E-state index in [-0.39, 0.29) is 18.0 Å². The first-order valence-electron chi connectivity index (χ1n) is 7.15. The van der Waals surface area contributed by atoms with Crippen LogP contribution in [0.4, 0.5) is 5.69 Å². The number of primary amides is 1. The van der Waals surface area contributed by atoms with Gasteiger partial charge in [-0.15, -0.1) is 0 Å². The number of amides is 1. The Morgan fingerprint density at radius 3 is 2.50 bits per heavy atom. The SMILES string of the molecule is Cc1ccc(N(C)CCC(NC(C)C)C(N)=O)c(C)c1. The van der Waals surface area contributed by atoms with Crippen LogP contribution in [0.5, 0.6) is 0 Å². The first-order chi connectivity index (χ1) is 9.31. The molecule has 1 atom stereocenters. The summed E-state index contributed by atoms with van der Waals surface area (Å²) in [5, 5.41) is 3.21. The Hall–Kier alpha value is -1.55. The molecule has 0 aliphatic carbocycles. The molecule has 0 radical (unpaired) electrons. The van der Waals surface area contributed by atoms with Gasteiger partial charge in [0.2, 0.25) is 5.91 Å².